The van der Waals surface area contributed by atoms with Crippen molar-refractivity contribution in [2.45, 2.75) is 6.92 Å². The summed E-state index contributed by atoms with van der Waals surface area (Å²) in [5.41, 5.74) is 1.60. The Morgan fingerprint density at radius 3 is 2.29 bits per heavy atom. The molecule has 2 rings (SSSR count). The first-order chi connectivity index (χ1) is 11.4. The highest BCUT2D eigenvalue weighted by atomic mass is 32.2. The van der Waals surface area contributed by atoms with E-state index in [-0.39, 0.29) is 18.3 Å². The van der Waals surface area contributed by atoms with Crippen LogP contribution in [0.5, 0.6) is 0 Å². The summed E-state index contributed by atoms with van der Waals surface area (Å²) >= 11 is 0. The molecule has 0 amide bonds. The zero-order valence-electron chi connectivity index (χ0n) is 14.1. The molecule has 0 saturated carbocycles. The summed E-state index contributed by atoms with van der Waals surface area (Å²) in [6.45, 7) is 5.75. The quantitative estimate of drug-likeness (QED) is 0.532. The second-order valence-electron chi connectivity index (χ2n) is 5.54. The number of hydrogen-bond donors (Lipinski definition) is 0. The Morgan fingerprint density at radius 2 is 1.75 bits per heavy atom. The van der Waals surface area contributed by atoms with E-state index in [9.17, 15) is 13.2 Å². The van der Waals surface area contributed by atoms with E-state index in [4.69, 9.17) is 8.92 Å². The fraction of sp³-hybridized carbons (Fsp3) is 0.562. The molecule has 1 aromatic rings. The zero-order valence-corrected chi connectivity index (χ0v) is 14.9. The molecular formula is C16H24N2O5S. The van der Waals surface area contributed by atoms with Gasteiger partial charge in [0.05, 0.1) is 25.0 Å². The smallest absolute Gasteiger partial charge is 0.337 e. The molecule has 0 aliphatic carbocycles. The van der Waals surface area contributed by atoms with Crippen molar-refractivity contribution < 1.29 is 22.1 Å². The minimum Gasteiger partial charge on any atom is -0.465 e. The molecule has 0 N–H and O–H groups in total. The highest BCUT2D eigenvalue weighted by molar-refractivity contribution is 7.86. The Balaban J connectivity index is 1.79. The van der Waals surface area contributed by atoms with Crippen LogP contribution in [0.3, 0.4) is 0 Å². The van der Waals surface area contributed by atoms with Gasteiger partial charge in [-0.1, -0.05) is 0 Å². The van der Waals surface area contributed by atoms with Gasteiger partial charge in [0.15, 0.2) is 0 Å². The summed E-state index contributed by atoms with van der Waals surface area (Å²) in [6.07, 6.45) is 0. The van der Waals surface area contributed by atoms with Crippen molar-refractivity contribution in [3.8, 4) is 0 Å². The van der Waals surface area contributed by atoms with Gasteiger partial charge in [0, 0.05) is 38.4 Å². The van der Waals surface area contributed by atoms with Crippen molar-refractivity contribution in [3.63, 3.8) is 0 Å². The van der Waals surface area contributed by atoms with Crippen LogP contribution >= 0.6 is 0 Å². The first-order valence-corrected chi connectivity index (χ1v) is 9.55. The molecule has 24 heavy (non-hydrogen) atoms. The van der Waals surface area contributed by atoms with Crippen molar-refractivity contribution in [1.29, 1.82) is 0 Å². The number of rotatable bonds is 7. The average molecular weight is 356 g/mol. The Morgan fingerprint density at radius 1 is 1.12 bits per heavy atom. The van der Waals surface area contributed by atoms with Crippen LogP contribution in [0.25, 0.3) is 0 Å². The molecule has 0 unspecified atom stereocenters. The van der Waals surface area contributed by atoms with Crippen LogP contribution < -0.4 is 4.90 Å². The van der Waals surface area contributed by atoms with Crippen molar-refractivity contribution >= 4 is 21.8 Å². The molecule has 0 bridgehead atoms. The van der Waals surface area contributed by atoms with Gasteiger partial charge in [-0.05, 0) is 31.2 Å². The third-order valence-electron chi connectivity index (χ3n) is 4.05. The van der Waals surface area contributed by atoms with E-state index in [1.54, 1.807) is 19.1 Å². The van der Waals surface area contributed by atoms with Crippen LogP contribution in [-0.4, -0.2) is 71.5 Å². The second kappa shape index (κ2) is 8.46. The summed E-state index contributed by atoms with van der Waals surface area (Å²) in [4.78, 5) is 15.9. The van der Waals surface area contributed by atoms with Gasteiger partial charge in [-0.3, -0.25) is 9.08 Å². The fourth-order valence-corrected chi connectivity index (χ4v) is 3.03. The summed E-state index contributed by atoms with van der Waals surface area (Å²) in [7, 11) is -2.00. The molecule has 1 saturated heterocycles. The van der Waals surface area contributed by atoms with Gasteiger partial charge in [-0.25, -0.2) is 4.79 Å². The maximum atomic E-state index is 11.4. The van der Waals surface area contributed by atoms with Gasteiger partial charge in [0.25, 0.3) is 10.1 Å². The lowest BCUT2D eigenvalue weighted by atomic mass is 10.2. The molecule has 7 nitrogen and oxygen atoms in total. The molecule has 0 radical (unpaired) electrons. The first-order valence-electron chi connectivity index (χ1n) is 7.98. The van der Waals surface area contributed by atoms with Gasteiger partial charge in [0.1, 0.15) is 0 Å². The van der Waals surface area contributed by atoms with Crippen molar-refractivity contribution in [1.82, 2.24) is 4.90 Å². The Kier molecular flexibility index (Phi) is 6.59. The lowest BCUT2D eigenvalue weighted by Gasteiger charge is -2.36. The average Bonchev–Trinajstić information content (AvgIpc) is 2.61. The van der Waals surface area contributed by atoms with Crippen LogP contribution in [0.1, 0.15) is 17.3 Å². The van der Waals surface area contributed by atoms with E-state index >= 15 is 0 Å². The number of carbonyl (C=O) groups is 1. The van der Waals surface area contributed by atoms with Crippen molar-refractivity contribution in [2.24, 2.45) is 0 Å². The highest BCUT2D eigenvalue weighted by Crippen LogP contribution is 2.17. The van der Waals surface area contributed by atoms with Gasteiger partial charge >= 0.3 is 5.97 Å². The number of esters is 1. The van der Waals surface area contributed by atoms with E-state index in [0.717, 1.165) is 31.9 Å². The SMILES string of the molecule is CCS(=O)(=O)OCCN1CCN(c2ccc(C(=O)OC)cc2)CC1. The van der Waals surface area contributed by atoms with Crippen LogP contribution in [0.2, 0.25) is 0 Å². The van der Waals surface area contributed by atoms with E-state index in [1.165, 1.54) is 7.11 Å². The maximum absolute atomic E-state index is 11.4. The topological polar surface area (TPSA) is 76.2 Å². The molecule has 1 aromatic carbocycles. The minimum absolute atomic E-state index is 0.00233. The summed E-state index contributed by atoms with van der Waals surface area (Å²) < 4.78 is 32.2. The molecule has 1 aliphatic rings. The van der Waals surface area contributed by atoms with E-state index in [0.29, 0.717) is 12.1 Å². The Labute approximate surface area is 143 Å². The summed E-state index contributed by atoms with van der Waals surface area (Å²) in [5, 5.41) is 0. The number of anilines is 1. The Bertz CT molecular complexity index is 637. The van der Waals surface area contributed by atoms with E-state index < -0.39 is 10.1 Å². The van der Waals surface area contributed by atoms with Crippen LogP contribution in [0.15, 0.2) is 24.3 Å². The molecule has 1 aliphatic heterocycles. The van der Waals surface area contributed by atoms with Crippen LogP contribution in [0, 0.1) is 0 Å². The van der Waals surface area contributed by atoms with Crippen molar-refractivity contribution in [2.75, 3.05) is 57.1 Å². The molecule has 0 aromatic heterocycles. The van der Waals surface area contributed by atoms with Gasteiger partial charge in [0.2, 0.25) is 0 Å². The number of carbonyl (C=O) groups excluding carboxylic acids is 1. The number of ether oxygens (including phenoxy) is 1. The predicted octanol–water partition coefficient (Wildman–Crippen LogP) is 0.961. The lowest BCUT2D eigenvalue weighted by molar-refractivity contribution is 0.0600. The number of hydrogen-bond acceptors (Lipinski definition) is 7. The third kappa shape index (κ3) is 5.19. The molecular weight excluding hydrogens is 332 g/mol. The second-order valence-corrected chi connectivity index (χ2v) is 7.46. The number of piperazine rings is 1. The maximum Gasteiger partial charge on any atom is 0.337 e. The van der Waals surface area contributed by atoms with Gasteiger partial charge in [-0.15, -0.1) is 0 Å². The molecule has 0 spiro atoms. The van der Waals surface area contributed by atoms with Crippen LogP contribution in [-0.2, 0) is 19.0 Å². The first kappa shape index (κ1) is 18.7. The third-order valence-corrected chi connectivity index (χ3v) is 5.28. The number of nitrogens with zero attached hydrogens (tertiary/aromatic N) is 2. The van der Waals surface area contributed by atoms with E-state index in [2.05, 4.69) is 9.80 Å². The normalized spacial score (nSPS) is 16.2. The summed E-state index contributed by atoms with van der Waals surface area (Å²) in [5.74, 6) is -0.337. The lowest BCUT2D eigenvalue weighted by Crippen LogP contribution is -2.47. The van der Waals surface area contributed by atoms with Gasteiger partial charge < -0.3 is 9.64 Å². The standard InChI is InChI=1S/C16H24N2O5S/c1-3-24(20,21)23-13-12-17-8-10-18(11-9-17)15-6-4-14(5-7-15)16(19)22-2/h4-7H,3,8-13H2,1-2H3. The zero-order chi connectivity index (χ0) is 17.6. The fourth-order valence-electron chi connectivity index (χ4n) is 2.53. The van der Waals surface area contributed by atoms with Crippen LogP contribution in [0.4, 0.5) is 5.69 Å². The van der Waals surface area contributed by atoms with E-state index in [1.807, 2.05) is 12.1 Å². The van der Waals surface area contributed by atoms with Gasteiger partial charge in [-0.2, -0.15) is 8.42 Å². The highest BCUT2D eigenvalue weighted by Gasteiger charge is 2.18. The number of benzene rings is 1. The molecule has 0 atom stereocenters. The molecule has 1 heterocycles. The minimum atomic E-state index is -3.36. The predicted molar refractivity (Wildman–Crippen MR) is 91.8 cm³/mol. The molecule has 8 heteroatoms. The largest absolute Gasteiger partial charge is 0.465 e. The molecule has 1 fully saturated rings. The summed E-state index contributed by atoms with van der Waals surface area (Å²) in [6, 6.07) is 7.35. The Hall–Kier alpha value is -1.64. The van der Waals surface area contributed by atoms with Crippen molar-refractivity contribution in [3.05, 3.63) is 29.8 Å². The monoisotopic (exact) mass is 356 g/mol. The molecule has 134 valence electrons. The number of methoxy groups -OCH3 is 1.